The summed E-state index contributed by atoms with van der Waals surface area (Å²) in [6.07, 6.45) is -3.06. The molecule has 5 aliphatic carbocycles. The van der Waals surface area contributed by atoms with Crippen LogP contribution in [0.2, 0.25) is 0 Å². The Morgan fingerprint density at radius 1 is 0.938 bits per heavy atom. The third-order valence-electron chi connectivity index (χ3n) is 15.7. The van der Waals surface area contributed by atoms with Crippen LogP contribution >= 0.6 is 0 Å². The minimum absolute atomic E-state index is 0.00927. The molecule has 0 amide bonds. The van der Waals surface area contributed by atoms with Crippen molar-refractivity contribution in [2.24, 2.45) is 50.7 Å². The fraction of sp³-hybridized carbons (Fsp3) is 0.917. The summed E-state index contributed by atoms with van der Waals surface area (Å²) in [7, 11) is 0. The van der Waals surface area contributed by atoms with Crippen LogP contribution in [0.1, 0.15) is 86.0 Å². The van der Waals surface area contributed by atoms with Crippen LogP contribution in [0.3, 0.4) is 0 Å². The van der Waals surface area contributed by atoms with E-state index in [0.29, 0.717) is 25.7 Å². The van der Waals surface area contributed by atoms with Crippen LogP contribution in [0.15, 0.2) is 11.6 Å². The molecule has 9 N–H and O–H groups in total. The van der Waals surface area contributed by atoms with Crippen molar-refractivity contribution in [2.75, 3.05) is 19.8 Å². The van der Waals surface area contributed by atoms with Crippen molar-refractivity contribution < 1.29 is 60.2 Å². The molecule has 17 atom stereocenters. The molecule has 0 aromatic heterocycles. The molecule has 0 unspecified atom stereocenters. The van der Waals surface area contributed by atoms with E-state index in [1.807, 2.05) is 13.8 Å². The zero-order valence-electron chi connectivity index (χ0n) is 29.0. The quantitative estimate of drug-likeness (QED) is 0.179. The topological polar surface area (TPSA) is 218 Å². The normalized spacial score (nSPS) is 56.6. The second-order valence-corrected chi connectivity index (χ2v) is 17.5. The molecule has 6 aliphatic rings. The molecule has 6 rings (SSSR count). The van der Waals surface area contributed by atoms with Gasteiger partial charge in [0.15, 0.2) is 6.29 Å². The highest BCUT2D eigenvalue weighted by molar-refractivity contribution is 5.77. The third kappa shape index (κ3) is 4.73. The summed E-state index contributed by atoms with van der Waals surface area (Å²) < 4.78 is 11.4. The highest BCUT2D eigenvalue weighted by Gasteiger charge is 2.71. The van der Waals surface area contributed by atoms with Gasteiger partial charge in [0.2, 0.25) is 0 Å². The lowest BCUT2D eigenvalue weighted by Crippen LogP contribution is -2.69. The molecule has 0 spiro atoms. The van der Waals surface area contributed by atoms with Crippen LogP contribution in [-0.2, 0) is 14.3 Å². The lowest BCUT2D eigenvalue weighted by atomic mass is 9.33. The number of hydrogen-bond acceptors (Lipinski definition) is 11. The molecule has 0 radical (unpaired) electrons. The van der Waals surface area contributed by atoms with Crippen molar-refractivity contribution in [2.45, 2.75) is 135 Å². The maximum Gasteiger partial charge on any atom is 0.310 e. The second kappa shape index (κ2) is 11.9. The Bertz CT molecular complexity index is 1290. The lowest BCUT2D eigenvalue weighted by Gasteiger charge is -2.72. The number of carboxylic acid groups (broad SMARTS) is 1. The molecule has 0 aromatic rings. The van der Waals surface area contributed by atoms with E-state index in [0.717, 1.165) is 18.4 Å². The predicted octanol–water partition coefficient (Wildman–Crippen LogP) is 0.944. The van der Waals surface area contributed by atoms with Gasteiger partial charge in [0.25, 0.3) is 0 Å². The molecule has 0 aromatic carbocycles. The first kappa shape index (κ1) is 36.6. The monoisotopic (exact) mass is 682 g/mol. The van der Waals surface area contributed by atoms with Crippen molar-refractivity contribution in [3.63, 3.8) is 0 Å². The van der Waals surface area contributed by atoms with Gasteiger partial charge in [-0.25, -0.2) is 0 Å². The van der Waals surface area contributed by atoms with E-state index in [9.17, 15) is 50.8 Å². The van der Waals surface area contributed by atoms with E-state index in [2.05, 4.69) is 26.8 Å². The summed E-state index contributed by atoms with van der Waals surface area (Å²) in [5, 5.41) is 96.4. The van der Waals surface area contributed by atoms with Crippen molar-refractivity contribution in [1.82, 2.24) is 0 Å². The second-order valence-electron chi connectivity index (χ2n) is 17.5. The predicted molar refractivity (Wildman–Crippen MR) is 171 cm³/mol. The van der Waals surface area contributed by atoms with Gasteiger partial charge >= 0.3 is 5.97 Å². The van der Waals surface area contributed by atoms with Gasteiger partial charge in [0.05, 0.1) is 43.0 Å². The zero-order chi connectivity index (χ0) is 35.4. The fourth-order valence-corrected chi connectivity index (χ4v) is 12.5. The van der Waals surface area contributed by atoms with E-state index < -0.39 is 89.2 Å². The first-order valence-electron chi connectivity index (χ1n) is 17.9. The smallest absolute Gasteiger partial charge is 0.310 e. The largest absolute Gasteiger partial charge is 0.481 e. The average Bonchev–Trinajstić information content (AvgIpc) is 3.04. The summed E-state index contributed by atoms with van der Waals surface area (Å²) >= 11 is 0. The van der Waals surface area contributed by atoms with Crippen LogP contribution in [0.4, 0.5) is 0 Å². The van der Waals surface area contributed by atoms with E-state index in [4.69, 9.17) is 9.47 Å². The van der Waals surface area contributed by atoms with Crippen LogP contribution in [0.25, 0.3) is 0 Å². The SMILES string of the molecule is C[C@@H]1[C@H]2C3=CC[C@@H]4[C@@]5(C)C[C@@H](O)[C@@H](O)[C@](C)(CO)[C@@H]5CC[C@@]4(C)[C@]3(C)CC[C@@]2(C(=O)O)CC[C@@]1(O)CO[C@@H]1O[C@H](CO)[C@@H](O)[C@H](O)[C@H]1O. The van der Waals surface area contributed by atoms with E-state index in [1.54, 1.807) is 0 Å². The number of hydrogen-bond donors (Lipinski definition) is 9. The third-order valence-corrected chi connectivity index (χ3v) is 15.7. The number of allylic oxidation sites excluding steroid dienone is 2. The fourth-order valence-electron chi connectivity index (χ4n) is 12.5. The molecule has 5 fully saturated rings. The van der Waals surface area contributed by atoms with Crippen LogP contribution < -0.4 is 0 Å². The average molecular weight is 683 g/mol. The van der Waals surface area contributed by atoms with Crippen molar-refractivity contribution in [1.29, 1.82) is 0 Å². The molecule has 48 heavy (non-hydrogen) atoms. The summed E-state index contributed by atoms with van der Waals surface area (Å²) in [4.78, 5) is 13.3. The molecular formula is C36H58O12. The van der Waals surface area contributed by atoms with E-state index in [-0.39, 0.29) is 48.7 Å². The highest BCUT2D eigenvalue weighted by atomic mass is 16.7. The number of aliphatic carboxylic acids is 1. The van der Waals surface area contributed by atoms with E-state index in [1.165, 1.54) is 0 Å². The highest BCUT2D eigenvalue weighted by Crippen LogP contribution is 2.76. The molecule has 1 aliphatic heterocycles. The molecular weight excluding hydrogens is 624 g/mol. The Balaban J connectivity index is 1.34. The molecule has 12 nitrogen and oxygen atoms in total. The summed E-state index contributed by atoms with van der Waals surface area (Å²) in [5.41, 5.74) is -3.49. The zero-order valence-corrected chi connectivity index (χ0v) is 29.0. The molecule has 274 valence electrons. The lowest BCUT2D eigenvalue weighted by molar-refractivity contribution is -0.313. The maximum atomic E-state index is 13.3. The Kier molecular flexibility index (Phi) is 9.10. The number of ether oxygens (including phenoxy) is 2. The Morgan fingerprint density at radius 2 is 1.60 bits per heavy atom. The van der Waals surface area contributed by atoms with Gasteiger partial charge in [0.1, 0.15) is 24.4 Å². The molecule has 1 heterocycles. The summed E-state index contributed by atoms with van der Waals surface area (Å²) in [6.45, 7) is 9.34. The van der Waals surface area contributed by atoms with Crippen molar-refractivity contribution in [3.05, 3.63) is 11.6 Å². The van der Waals surface area contributed by atoms with Crippen LogP contribution in [-0.4, -0.2) is 120 Å². The first-order chi connectivity index (χ1) is 22.3. The van der Waals surface area contributed by atoms with Gasteiger partial charge in [-0.05, 0) is 85.4 Å². The van der Waals surface area contributed by atoms with Crippen LogP contribution in [0.5, 0.6) is 0 Å². The first-order valence-corrected chi connectivity index (χ1v) is 17.9. The number of aliphatic hydroxyl groups excluding tert-OH is 7. The number of carboxylic acids is 1. The molecule has 0 bridgehead atoms. The van der Waals surface area contributed by atoms with Gasteiger partial charge in [-0.1, -0.05) is 46.3 Å². The van der Waals surface area contributed by atoms with Crippen molar-refractivity contribution >= 4 is 5.97 Å². The Hall–Kier alpha value is -1.19. The van der Waals surface area contributed by atoms with Gasteiger partial charge in [-0.3, -0.25) is 4.79 Å². The Morgan fingerprint density at radius 3 is 2.23 bits per heavy atom. The molecule has 12 heteroatoms. The van der Waals surface area contributed by atoms with Gasteiger partial charge in [0, 0.05) is 11.3 Å². The summed E-state index contributed by atoms with van der Waals surface area (Å²) in [6, 6.07) is 0. The number of aliphatic hydroxyl groups is 8. The van der Waals surface area contributed by atoms with Gasteiger partial charge in [-0.15, -0.1) is 0 Å². The van der Waals surface area contributed by atoms with Crippen LogP contribution in [0, 0.1) is 50.7 Å². The number of carbonyl (C=O) groups is 1. The van der Waals surface area contributed by atoms with Gasteiger partial charge in [-0.2, -0.15) is 0 Å². The molecule has 1 saturated heterocycles. The number of rotatable bonds is 6. The maximum absolute atomic E-state index is 13.3. The molecule has 4 saturated carbocycles. The Labute approximate surface area is 282 Å². The minimum Gasteiger partial charge on any atom is -0.481 e. The van der Waals surface area contributed by atoms with Crippen molar-refractivity contribution in [3.8, 4) is 0 Å². The van der Waals surface area contributed by atoms with Gasteiger partial charge < -0.3 is 55.4 Å². The van der Waals surface area contributed by atoms with E-state index >= 15 is 0 Å². The standard InChI is InChI=1S/C36H58O12/c1-18-24-19-6-7-23-31(2)14-20(39)28(43)32(3,16-38)22(31)8-9-34(23,5)33(19,4)10-11-35(24,30(44)45)12-13-36(18,46)17-47-29-27(42)26(41)25(40)21(15-37)48-29/h6,18,20-29,37-43,46H,7-17H2,1-5H3,(H,44,45)/t18-,20-,21-,22-,23-,24+,25-,26+,27-,28-,29-,31+,32-,33-,34-,35-,36-/m1/s1. The number of fused-ring (bicyclic) bond motifs is 7. The minimum atomic E-state index is -1.63. The summed E-state index contributed by atoms with van der Waals surface area (Å²) in [5.74, 6) is -1.88.